The minimum atomic E-state index is -0.371. The molecule has 0 bridgehead atoms. The first-order valence-corrected chi connectivity index (χ1v) is 9.39. The zero-order valence-corrected chi connectivity index (χ0v) is 16.0. The number of ether oxygens (including phenoxy) is 1. The van der Waals surface area contributed by atoms with Crippen LogP contribution < -0.4 is 5.32 Å². The zero-order chi connectivity index (χ0) is 19.5. The third-order valence-corrected chi connectivity index (χ3v) is 4.62. The van der Waals surface area contributed by atoms with Crippen LogP contribution in [0.4, 0.5) is 5.69 Å². The summed E-state index contributed by atoms with van der Waals surface area (Å²) < 4.78 is 5.21. The van der Waals surface area contributed by atoms with Gasteiger partial charge in [0.25, 0.3) is 0 Å². The number of carbonyl (C=O) groups excluding carboxylic acids is 1. The Balaban J connectivity index is 1.62. The topological polar surface area (TPSA) is 79.9 Å². The Labute approximate surface area is 163 Å². The van der Waals surface area contributed by atoms with Gasteiger partial charge in [0.1, 0.15) is 11.4 Å². The second-order valence-electron chi connectivity index (χ2n) is 6.67. The third kappa shape index (κ3) is 3.53. The maximum atomic E-state index is 12.4. The summed E-state index contributed by atoms with van der Waals surface area (Å²) in [4.78, 5) is 24.8. The zero-order valence-electron chi connectivity index (χ0n) is 16.0. The number of anilines is 1. The summed E-state index contributed by atoms with van der Waals surface area (Å²) in [5.41, 5.74) is 5.12. The number of hydrogen-bond donors (Lipinski definition) is 2. The summed E-state index contributed by atoms with van der Waals surface area (Å²) in [6.45, 7) is 4.77. The lowest BCUT2D eigenvalue weighted by Crippen LogP contribution is -2.13. The average molecular weight is 374 g/mol. The van der Waals surface area contributed by atoms with Gasteiger partial charge in [0.2, 0.25) is 0 Å². The summed E-state index contributed by atoms with van der Waals surface area (Å²) in [6.07, 6.45) is 2.28. The number of aryl methyl sites for hydroxylation is 1. The molecule has 28 heavy (non-hydrogen) atoms. The molecule has 4 rings (SSSR count). The summed E-state index contributed by atoms with van der Waals surface area (Å²) in [6, 6.07) is 14.0. The van der Waals surface area contributed by atoms with Crippen LogP contribution in [0.2, 0.25) is 0 Å². The smallest absolute Gasteiger partial charge is 0.341 e. The van der Waals surface area contributed by atoms with E-state index in [1.807, 2.05) is 49.4 Å². The van der Waals surface area contributed by atoms with Crippen LogP contribution in [0, 0.1) is 6.92 Å². The molecule has 6 nitrogen and oxygen atoms in total. The van der Waals surface area contributed by atoms with E-state index in [0.717, 1.165) is 39.0 Å². The molecule has 0 unspecified atom stereocenters. The molecule has 2 N–H and O–H groups in total. The molecule has 0 aliphatic rings. The molecule has 0 saturated carbocycles. The lowest BCUT2D eigenvalue weighted by molar-refractivity contribution is 0.0527. The first kappa shape index (κ1) is 18.0. The molecule has 0 amide bonds. The standard InChI is InChI=1S/C22H22N4O2/c1-3-28-22(27)16-13-24-17-9-8-14(2)12-15(17)21(16)23-11-10-20-25-18-6-4-5-7-19(18)26-20/h4-9,12-13H,3,10-11H2,1-2H3,(H,23,24)(H,25,26). The fourth-order valence-electron chi connectivity index (χ4n) is 3.29. The minimum absolute atomic E-state index is 0.323. The molecule has 4 aromatic rings. The number of nitrogens with one attached hydrogen (secondary N) is 2. The summed E-state index contributed by atoms with van der Waals surface area (Å²) in [5.74, 6) is 0.533. The first-order valence-electron chi connectivity index (χ1n) is 9.39. The number of hydrogen-bond acceptors (Lipinski definition) is 5. The van der Waals surface area contributed by atoms with Crippen LogP contribution in [0.1, 0.15) is 28.7 Å². The fourth-order valence-corrected chi connectivity index (χ4v) is 3.29. The third-order valence-electron chi connectivity index (χ3n) is 4.62. The van der Waals surface area contributed by atoms with Crippen molar-refractivity contribution in [1.82, 2.24) is 15.0 Å². The first-order chi connectivity index (χ1) is 13.7. The molecular weight excluding hydrogens is 352 g/mol. The molecule has 142 valence electrons. The van der Waals surface area contributed by atoms with Gasteiger partial charge in [-0.1, -0.05) is 23.8 Å². The van der Waals surface area contributed by atoms with Gasteiger partial charge in [-0.05, 0) is 38.1 Å². The van der Waals surface area contributed by atoms with Gasteiger partial charge >= 0.3 is 5.97 Å². The predicted molar refractivity (Wildman–Crippen MR) is 111 cm³/mol. The van der Waals surface area contributed by atoms with E-state index < -0.39 is 0 Å². The number of para-hydroxylation sites is 2. The van der Waals surface area contributed by atoms with E-state index in [-0.39, 0.29) is 5.97 Å². The van der Waals surface area contributed by atoms with Crippen LogP contribution in [0.15, 0.2) is 48.7 Å². The Kier molecular flexibility index (Phi) is 4.93. The Morgan fingerprint density at radius 1 is 1.18 bits per heavy atom. The van der Waals surface area contributed by atoms with Crippen molar-refractivity contribution in [3.05, 3.63) is 65.6 Å². The van der Waals surface area contributed by atoms with Gasteiger partial charge in [-0.2, -0.15) is 0 Å². The molecule has 0 aliphatic carbocycles. The van der Waals surface area contributed by atoms with Crippen LogP contribution in [0.25, 0.3) is 21.9 Å². The van der Waals surface area contributed by atoms with Crippen molar-refractivity contribution in [3.8, 4) is 0 Å². The van der Waals surface area contributed by atoms with Crippen molar-refractivity contribution in [2.24, 2.45) is 0 Å². The Morgan fingerprint density at radius 3 is 2.86 bits per heavy atom. The minimum Gasteiger partial charge on any atom is -0.462 e. The number of pyridine rings is 1. The number of aromatic nitrogens is 3. The summed E-state index contributed by atoms with van der Waals surface area (Å²) in [7, 11) is 0. The van der Waals surface area contributed by atoms with Gasteiger partial charge in [0.05, 0.1) is 28.8 Å². The molecule has 0 aliphatic heterocycles. The number of esters is 1. The molecule has 2 aromatic heterocycles. The number of carbonyl (C=O) groups is 1. The van der Waals surface area contributed by atoms with E-state index in [1.165, 1.54) is 0 Å². The van der Waals surface area contributed by atoms with Gasteiger partial charge in [-0.15, -0.1) is 0 Å². The van der Waals surface area contributed by atoms with Crippen LogP contribution in [0.5, 0.6) is 0 Å². The van der Waals surface area contributed by atoms with Crippen molar-refractivity contribution < 1.29 is 9.53 Å². The lowest BCUT2D eigenvalue weighted by Gasteiger charge is -2.14. The SMILES string of the molecule is CCOC(=O)c1cnc2ccc(C)cc2c1NCCc1nc2ccccc2[nH]1. The quantitative estimate of drug-likeness (QED) is 0.493. The maximum absolute atomic E-state index is 12.4. The van der Waals surface area contributed by atoms with Crippen LogP contribution >= 0.6 is 0 Å². The second kappa shape index (κ2) is 7.68. The Bertz CT molecular complexity index is 1120. The number of nitrogens with zero attached hydrogens (tertiary/aromatic N) is 2. The Hall–Kier alpha value is -3.41. The number of aromatic amines is 1. The molecule has 6 heteroatoms. The number of benzene rings is 2. The van der Waals surface area contributed by atoms with Crippen molar-refractivity contribution >= 4 is 33.6 Å². The molecule has 0 radical (unpaired) electrons. The van der Waals surface area contributed by atoms with Crippen molar-refractivity contribution in [2.75, 3.05) is 18.5 Å². The maximum Gasteiger partial charge on any atom is 0.341 e. The van der Waals surface area contributed by atoms with E-state index in [1.54, 1.807) is 13.1 Å². The summed E-state index contributed by atoms with van der Waals surface area (Å²) in [5, 5.41) is 4.33. The molecule has 2 aromatic carbocycles. The van der Waals surface area contributed by atoms with Crippen molar-refractivity contribution in [3.63, 3.8) is 0 Å². The van der Waals surface area contributed by atoms with Crippen molar-refractivity contribution in [1.29, 1.82) is 0 Å². The van der Waals surface area contributed by atoms with Crippen LogP contribution in [-0.4, -0.2) is 34.1 Å². The van der Waals surface area contributed by atoms with Crippen LogP contribution in [0.3, 0.4) is 0 Å². The van der Waals surface area contributed by atoms with E-state index in [2.05, 4.69) is 20.3 Å². The summed E-state index contributed by atoms with van der Waals surface area (Å²) >= 11 is 0. The molecule has 0 saturated heterocycles. The number of imidazole rings is 1. The molecule has 0 atom stereocenters. The number of fused-ring (bicyclic) bond motifs is 2. The van der Waals surface area contributed by atoms with Gasteiger partial charge < -0.3 is 15.0 Å². The molecule has 2 heterocycles. The predicted octanol–water partition coefficient (Wildman–Crippen LogP) is 4.25. The van der Waals surface area contributed by atoms with E-state index in [0.29, 0.717) is 25.1 Å². The normalized spacial score (nSPS) is 11.1. The number of rotatable bonds is 6. The highest BCUT2D eigenvalue weighted by Crippen LogP contribution is 2.27. The van der Waals surface area contributed by atoms with Gasteiger partial charge in [-0.3, -0.25) is 4.98 Å². The lowest BCUT2D eigenvalue weighted by atomic mass is 10.1. The second-order valence-corrected chi connectivity index (χ2v) is 6.67. The van der Waals surface area contributed by atoms with Gasteiger partial charge in [0.15, 0.2) is 0 Å². The highest BCUT2D eigenvalue weighted by molar-refractivity contribution is 6.05. The van der Waals surface area contributed by atoms with E-state index in [9.17, 15) is 4.79 Å². The molecule has 0 fully saturated rings. The Morgan fingerprint density at radius 2 is 2.04 bits per heavy atom. The molecule has 0 spiro atoms. The van der Waals surface area contributed by atoms with Gasteiger partial charge in [0, 0.05) is 24.5 Å². The fraction of sp³-hybridized carbons (Fsp3) is 0.227. The van der Waals surface area contributed by atoms with E-state index in [4.69, 9.17) is 4.74 Å². The number of H-pyrrole nitrogens is 1. The highest BCUT2D eigenvalue weighted by Gasteiger charge is 2.17. The largest absolute Gasteiger partial charge is 0.462 e. The average Bonchev–Trinajstić information content (AvgIpc) is 3.11. The molecular formula is C22H22N4O2. The van der Waals surface area contributed by atoms with Gasteiger partial charge in [-0.25, -0.2) is 9.78 Å². The van der Waals surface area contributed by atoms with Crippen molar-refractivity contribution in [2.45, 2.75) is 20.3 Å². The monoisotopic (exact) mass is 374 g/mol. The van der Waals surface area contributed by atoms with E-state index >= 15 is 0 Å². The highest BCUT2D eigenvalue weighted by atomic mass is 16.5. The van der Waals surface area contributed by atoms with Crippen LogP contribution in [-0.2, 0) is 11.2 Å².